The number of nitrogens with zero attached hydrogens (tertiary/aromatic N) is 3. The van der Waals surface area contributed by atoms with E-state index in [2.05, 4.69) is 21.5 Å². The Hall–Kier alpha value is -4.37. The van der Waals surface area contributed by atoms with E-state index in [0.29, 0.717) is 35.4 Å². The molecule has 1 amide bonds. The second kappa shape index (κ2) is 9.13. The van der Waals surface area contributed by atoms with E-state index in [1.54, 1.807) is 19.3 Å². The van der Waals surface area contributed by atoms with Crippen LogP contribution >= 0.6 is 0 Å². The number of hydrogen-bond acceptors (Lipinski definition) is 5. The Bertz CT molecular complexity index is 1800. The molecule has 0 bridgehead atoms. The Kier molecular flexibility index (Phi) is 5.84. The highest BCUT2D eigenvalue weighted by molar-refractivity contribution is 6.04. The van der Waals surface area contributed by atoms with Gasteiger partial charge in [0, 0.05) is 47.2 Å². The van der Waals surface area contributed by atoms with Crippen LogP contribution in [0.25, 0.3) is 32.9 Å². The van der Waals surface area contributed by atoms with Crippen molar-refractivity contribution < 1.29 is 9.53 Å². The fraction of sp³-hybridized carbons (Fsp3) is 0.300. The average molecular weight is 525 g/mol. The first kappa shape index (κ1) is 24.9. The molecule has 4 N–H and O–H groups in total. The highest BCUT2D eigenvalue weighted by atomic mass is 16.5. The summed E-state index contributed by atoms with van der Waals surface area (Å²) < 4.78 is 10.1. The van der Waals surface area contributed by atoms with Gasteiger partial charge in [0.2, 0.25) is 0 Å². The summed E-state index contributed by atoms with van der Waals surface area (Å²) in [5.41, 5.74) is 11.2. The van der Waals surface area contributed by atoms with Crippen molar-refractivity contribution in [2.24, 2.45) is 12.8 Å². The number of aryl methyl sites for hydroxylation is 3. The molecule has 0 atom stereocenters. The van der Waals surface area contributed by atoms with E-state index < -0.39 is 0 Å². The number of aromatic nitrogens is 4. The van der Waals surface area contributed by atoms with Gasteiger partial charge in [0.05, 0.1) is 18.3 Å². The summed E-state index contributed by atoms with van der Waals surface area (Å²) in [5.74, 6) is 1.15. The number of pyridine rings is 1. The van der Waals surface area contributed by atoms with Gasteiger partial charge in [-0.05, 0) is 62.9 Å². The number of carbonyl (C=O) groups is 1. The molecule has 1 saturated carbocycles. The predicted octanol–water partition coefficient (Wildman–Crippen LogP) is 4.53. The topological polar surface area (TPSA) is 120 Å². The highest BCUT2D eigenvalue weighted by Crippen LogP contribution is 2.42. The first-order valence-electron chi connectivity index (χ1n) is 13.2. The van der Waals surface area contributed by atoms with Crippen LogP contribution in [0.3, 0.4) is 0 Å². The molecule has 3 heterocycles. The SMILES string of the molecule is CCNC(=O)c1cc2c(-c3cc4c(cnn4CC4(N)CC4)cc3Oc3c(C)cccc3C)cn(C)c(=O)c2[nH]1. The van der Waals surface area contributed by atoms with Crippen molar-refractivity contribution in [3.05, 3.63) is 76.0 Å². The molecule has 3 aromatic heterocycles. The molecule has 200 valence electrons. The van der Waals surface area contributed by atoms with Crippen LogP contribution in [-0.4, -0.2) is 37.3 Å². The van der Waals surface area contributed by atoms with Crippen LogP contribution in [0.2, 0.25) is 0 Å². The van der Waals surface area contributed by atoms with E-state index in [-0.39, 0.29) is 17.0 Å². The number of benzene rings is 2. The number of aromatic amines is 1. The van der Waals surface area contributed by atoms with Crippen molar-refractivity contribution in [1.82, 2.24) is 24.6 Å². The zero-order valence-corrected chi connectivity index (χ0v) is 22.6. The lowest BCUT2D eigenvalue weighted by Gasteiger charge is -2.17. The standard InChI is InChI=1S/C30H32N6O3/c1-5-32-28(37)23-12-21-22(15-35(4)29(38)26(21)34-23)20-13-24-19(14-33-36(24)16-30(31)9-10-30)11-25(20)39-27-17(2)7-6-8-18(27)3/h6-8,11-15,34H,5,9-10,16,31H2,1-4H3,(H,32,37). The van der Waals surface area contributed by atoms with Crippen LogP contribution in [0.5, 0.6) is 11.5 Å². The third kappa shape index (κ3) is 4.38. The second-order valence-corrected chi connectivity index (χ2v) is 10.7. The minimum Gasteiger partial charge on any atom is -0.456 e. The van der Waals surface area contributed by atoms with Gasteiger partial charge in [0.1, 0.15) is 22.7 Å². The first-order chi connectivity index (χ1) is 18.7. The fourth-order valence-electron chi connectivity index (χ4n) is 5.14. The fourth-order valence-corrected chi connectivity index (χ4v) is 5.14. The molecule has 2 aromatic carbocycles. The molecule has 0 radical (unpaired) electrons. The predicted molar refractivity (Wildman–Crippen MR) is 152 cm³/mol. The van der Waals surface area contributed by atoms with Crippen molar-refractivity contribution >= 4 is 27.7 Å². The lowest BCUT2D eigenvalue weighted by Crippen LogP contribution is -2.28. The number of fused-ring (bicyclic) bond motifs is 2. The van der Waals surface area contributed by atoms with Gasteiger partial charge in [-0.15, -0.1) is 0 Å². The summed E-state index contributed by atoms with van der Waals surface area (Å²) in [7, 11) is 1.71. The number of H-pyrrole nitrogens is 1. The zero-order valence-electron chi connectivity index (χ0n) is 22.6. The zero-order chi connectivity index (χ0) is 27.5. The minimum absolute atomic E-state index is 0.216. The van der Waals surface area contributed by atoms with Crippen molar-refractivity contribution in [2.45, 2.75) is 45.7 Å². The Morgan fingerprint density at radius 2 is 1.92 bits per heavy atom. The van der Waals surface area contributed by atoms with E-state index in [0.717, 1.165) is 51.7 Å². The van der Waals surface area contributed by atoms with Crippen LogP contribution in [0.4, 0.5) is 0 Å². The Labute approximate surface area is 225 Å². The summed E-state index contributed by atoms with van der Waals surface area (Å²) in [6.07, 6.45) is 5.58. The number of nitrogens with two attached hydrogens (primary N) is 1. The minimum atomic E-state index is -0.264. The number of nitrogens with one attached hydrogen (secondary N) is 2. The van der Waals surface area contributed by atoms with E-state index in [9.17, 15) is 9.59 Å². The smallest absolute Gasteiger partial charge is 0.274 e. The van der Waals surface area contributed by atoms with Gasteiger partial charge in [0.25, 0.3) is 11.5 Å². The number of para-hydroxylation sites is 1. The molecule has 0 saturated heterocycles. The number of carbonyl (C=O) groups excluding carboxylic acids is 1. The van der Waals surface area contributed by atoms with Crippen LogP contribution in [-0.2, 0) is 13.6 Å². The molecule has 0 unspecified atom stereocenters. The van der Waals surface area contributed by atoms with Gasteiger partial charge < -0.3 is 25.3 Å². The van der Waals surface area contributed by atoms with Crippen molar-refractivity contribution in [3.63, 3.8) is 0 Å². The molecule has 39 heavy (non-hydrogen) atoms. The lowest BCUT2D eigenvalue weighted by atomic mass is 10.0. The van der Waals surface area contributed by atoms with Crippen LogP contribution in [0, 0.1) is 13.8 Å². The van der Waals surface area contributed by atoms with Gasteiger partial charge in [-0.25, -0.2) is 0 Å². The van der Waals surface area contributed by atoms with Crippen molar-refractivity contribution in [3.8, 4) is 22.6 Å². The van der Waals surface area contributed by atoms with Crippen molar-refractivity contribution in [2.75, 3.05) is 6.54 Å². The van der Waals surface area contributed by atoms with E-state index in [1.165, 1.54) is 4.57 Å². The Morgan fingerprint density at radius 3 is 2.62 bits per heavy atom. The molecule has 0 spiro atoms. The maximum absolute atomic E-state index is 13.1. The van der Waals surface area contributed by atoms with E-state index in [4.69, 9.17) is 10.5 Å². The summed E-state index contributed by atoms with van der Waals surface area (Å²) in [5, 5.41) is 9.03. The molecular weight excluding hydrogens is 492 g/mol. The van der Waals surface area contributed by atoms with Gasteiger partial charge in [-0.1, -0.05) is 18.2 Å². The molecule has 5 aromatic rings. The average Bonchev–Trinajstić information content (AvgIpc) is 3.29. The maximum Gasteiger partial charge on any atom is 0.274 e. The van der Waals surface area contributed by atoms with Gasteiger partial charge >= 0.3 is 0 Å². The number of amides is 1. The molecule has 0 aliphatic heterocycles. The second-order valence-electron chi connectivity index (χ2n) is 10.7. The summed E-state index contributed by atoms with van der Waals surface area (Å²) in [4.78, 5) is 28.8. The lowest BCUT2D eigenvalue weighted by molar-refractivity contribution is 0.0951. The molecule has 1 aliphatic carbocycles. The Morgan fingerprint density at radius 1 is 1.18 bits per heavy atom. The Balaban J connectivity index is 1.61. The number of ether oxygens (including phenoxy) is 1. The quantitative estimate of drug-likeness (QED) is 0.289. The van der Waals surface area contributed by atoms with Gasteiger partial charge in [0.15, 0.2) is 0 Å². The maximum atomic E-state index is 13.1. The van der Waals surface area contributed by atoms with E-state index >= 15 is 0 Å². The molecular formula is C30H32N6O3. The third-order valence-electron chi connectivity index (χ3n) is 7.56. The molecule has 9 nitrogen and oxygen atoms in total. The largest absolute Gasteiger partial charge is 0.456 e. The van der Waals surface area contributed by atoms with Crippen LogP contribution < -0.4 is 21.3 Å². The highest BCUT2D eigenvalue weighted by Gasteiger charge is 2.39. The summed E-state index contributed by atoms with van der Waals surface area (Å²) >= 11 is 0. The monoisotopic (exact) mass is 524 g/mol. The van der Waals surface area contributed by atoms with Gasteiger partial charge in [-0.3, -0.25) is 14.3 Å². The van der Waals surface area contributed by atoms with Gasteiger partial charge in [-0.2, -0.15) is 5.10 Å². The van der Waals surface area contributed by atoms with Crippen molar-refractivity contribution in [1.29, 1.82) is 0 Å². The number of rotatable bonds is 7. The molecule has 9 heteroatoms. The molecule has 1 aliphatic rings. The molecule has 6 rings (SSSR count). The summed E-state index contributed by atoms with van der Waals surface area (Å²) in [6, 6.07) is 11.8. The first-order valence-corrected chi connectivity index (χ1v) is 13.2. The molecule has 1 fully saturated rings. The summed E-state index contributed by atoms with van der Waals surface area (Å²) in [6.45, 7) is 7.00. The van der Waals surface area contributed by atoms with Crippen LogP contribution in [0.15, 0.2) is 53.6 Å². The van der Waals surface area contributed by atoms with E-state index in [1.807, 2.05) is 55.9 Å². The third-order valence-corrected chi connectivity index (χ3v) is 7.56. The van der Waals surface area contributed by atoms with Crippen LogP contribution in [0.1, 0.15) is 41.4 Å². The number of hydrogen-bond donors (Lipinski definition) is 3. The normalized spacial score (nSPS) is 14.2.